The number of hydrogen-bond donors (Lipinski definition) is 2. The van der Waals surface area contributed by atoms with Gasteiger partial charge in [-0.25, -0.2) is 0 Å². The minimum absolute atomic E-state index is 0.112. The van der Waals surface area contributed by atoms with Crippen LogP contribution >= 0.6 is 0 Å². The fraction of sp³-hybridized carbons (Fsp3) is 0.444. The second-order valence-electron chi connectivity index (χ2n) is 6.53. The number of benzene rings is 1. The maximum atomic E-state index is 12.0. The second-order valence-corrected chi connectivity index (χ2v) is 6.53. The van der Waals surface area contributed by atoms with Gasteiger partial charge in [0.1, 0.15) is 19.0 Å². The summed E-state index contributed by atoms with van der Waals surface area (Å²) in [5.41, 5.74) is 0.768. The number of nitrogens with zero attached hydrogens (tertiary/aromatic N) is 1. The summed E-state index contributed by atoms with van der Waals surface area (Å²) >= 11 is 0. The molecule has 7 heteroatoms. The Morgan fingerprint density at radius 1 is 1.20 bits per heavy atom. The minimum Gasteiger partial charge on any atom is -0.486 e. The number of carbonyl (C=O) groups is 1. The molecule has 0 spiro atoms. The molecule has 25 heavy (non-hydrogen) atoms. The van der Waals surface area contributed by atoms with Gasteiger partial charge in [-0.15, -0.1) is 0 Å². The normalized spacial score (nSPS) is 13.6. The predicted octanol–water partition coefficient (Wildman–Crippen LogP) is 2.61. The first-order chi connectivity index (χ1) is 11.9. The molecule has 1 aromatic carbocycles. The molecule has 0 unspecified atom stereocenters. The van der Waals surface area contributed by atoms with Crippen LogP contribution in [0.4, 0.5) is 5.82 Å². The summed E-state index contributed by atoms with van der Waals surface area (Å²) in [4.78, 5) is 12.0. The maximum absolute atomic E-state index is 12.0. The van der Waals surface area contributed by atoms with Crippen LogP contribution in [0, 0.1) is 6.92 Å². The highest BCUT2D eigenvalue weighted by Crippen LogP contribution is 2.34. The summed E-state index contributed by atoms with van der Waals surface area (Å²) in [5.74, 6) is 2.52. The molecule has 1 amide bonds. The van der Waals surface area contributed by atoms with Crippen molar-refractivity contribution in [1.82, 2.24) is 10.5 Å². The number of ether oxygens (including phenoxy) is 2. The van der Waals surface area contributed by atoms with E-state index in [4.69, 9.17) is 14.0 Å². The van der Waals surface area contributed by atoms with Crippen molar-refractivity contribution in [1.29, 1.82) is 0 Å². The Labute approximate surface area is 146 Å². The number of aryl methyl sites for hydroxylation is 1. The van der Waals surface area contributed by atoms with Gasteiger partial charge in [-0.3, -0.25) is 4.79 Å². The van der Waals surface area contributed by atoms with Crippen LogP contribution in [0.2, 0.25) is 0 Å². The largest absolute Gasteiger partial charge is 0.486 e. The topological polar surface area (TPSA) is 85.6 Å². The SMILES string of the molecule is Cc1cc(NC(=O)CCNC(C)(C)c2ccc3c(c2)OCCO3)no1. The molecule has 1 aliphatic rings. The molecule has 7 nitrogen and oxygen atoms in total. The number of fused-ring (bicyclic) bond motifs is 1. The standard InChI is InChI=1S/C18H23N3O4/c1-12-10-16(21-25-12)20-17(22)6-7-19-18(2,3)13-4-5-14-15(11-13)24-9-8-23-14/h4-5,10-11,19H,6-9H2,1-3H3,(H,20,21,22). The van der Waals surface area contributed by atoms with Gasteiger partial charge in [-0.05, 0) is 38.5 Å². The molecule has 0 fully saturated rings. The van der Waals surface area contributed by atoms with Crippen LogP contribution in [0.15, 0.2) is 28.8 Å². The van der Waals surface area contributed by atoms with Gasteiger partial charge < -0.3 is 24.6 Å². The Bertz CT molecular complexity index is 755. The molecular formula is C18H23N3O4. The number of amides is 1. The van der Waals surface area contributed by atoms with Gasteiger partial charge in [0, 0.05) is 24.6 Å². The summed E-state index contributed by atoms with van der Waals surface area (Å²) in [6.07, 6.45) is 0.333. The first-order valence-corrected chi connectivity index (χ1v) is 8.32. The molecule has 0 saturated heterocycles. The van der Waals surface area contributed by atoms with Crippen LogP contribution in [-0.2, 0) is 10.3 Å². The van der Waals surface area contributed by atoms with Gasteiger partial charge in [0.25, 0.3) is 0 Å². The third-order valence-electron chi connectivity index (χ3n) is 4.08. The van der Waals surface area contributed by atoms with Crippen molar-refractivity contribution in [3.63, 3.8) is 0 Å². The van der Waals surface area contributed by atoms with E-state index in [1.54, 1.807) is 13.0 Å². The Hall–Kier alpha value is -2.54. The molecule has 0 atom stereocenters. The smallest absolute Gasteiger partial charge is 0.226 e. The van der Waals surface area contributed by atoms with E-state index in [2.05, 4.69) is 29.6 Å². The minimum atomic E-state index is -0.305. The van der Waals surface area contributed by atoms with Crippen molar-refractivity contribution in [2.75, 3.05) is 25.1 Å². The van der Waals surface area contributed by atoms with Crippen molar-refractivity contribution >= 4 is 11.7 Å². The molecule has 2 N–H and O–H groups in total. The average Bonchev–Trinajstić information content (AvgIpc) is 2.99. The van der Waals surface area contributed by atoms with E-state index in [0.29, 0.717) is 37.8 Å². The lowest BCUT2D eigenvalue weighted by Crippen LogP contribution is -2.38. The fourth-order valence-corrected chi connectivity index (χ4v) is 2.65. The number of rotatable bonds is 6. The summed E-state index contributed by atoms with van der Waals surface area (Å²) in [7, 11) is 0. The van der Waals surface area contributed by atoms with E-state index in [1.807, 2.05) is 18.2 Å². The molecule has 134 valence electrons. The van der Waals surface area contributed by atoms with Crippen LogP contribution in [0.3, 0.4) is 0 Å². The Balaban J connectivity index is 1.53. The molecule has 0 bridgehead atoms. The van der Waals surface area contributed by atoms with Gasteiger partial charge in [0.05, 0.1) is 0 Å². The fourth-order valence-electron chi connectivity index (χ4n) is 2.65. The van der Waals surface area contributed by atoms with E-state index < -0.39 is 0 Å². The van der Waals surface area contributed by atoms with E-state index >= 15 is 0 Å². The number of anilines is 1. The zero-order valence-electron chi connectivity index (χ0n) is 14.7. The molecular weight excluding hydrogens is 322 g/mol. The van der Waals surface area contributed by atoms with Gasteiger partial charge in [0.2, 0.25) is 5.91 Å². The highest BCUT2D eigenvalue weighted by atomic mass is 16.6. The lowest BCUT2D eigenvalue weighted by Gasteiger charge is -2.28. The molecule has 3 rings (SSSR count). The van der Waals surface area contributed by atoms with Crippen LogP contribution < -0.4 is 20.1 Å². The highest BCUT2D eigenvalue weighted by Gasteiger charge is 2.23. The van der Waals surface area contributed by atoms with Crippen molar-refractivity contribution in [3.05, 3.63) is 35.6 Å². The van der Waals surface area contributed by atoms with Gasteiger partial charge in [-0.2, -0.15) is 0 Å². The molecule has 0 aliphatic carbocycles. The zero-order valence-corrected chi connectivity index (χ0v) is 14.7. The third kappa shape index (κ3) is 4.30. The van der Waals surface area contributed by atoms with Crippen molar-refractivity contribution in [2.45, 2.75) is 32.7 Å². The first-order valence-electron chi connectivity index (χ1n) is 8.32. The number of carbonyl (C=O) groups excluding carboxylic acids is 1. The monoisotopic (exact) mass is 345 g/mol. The molecule has 2 aromatic rings. The Morgan fingerprint density at radius 2 is 1.96 bits per heavy atom. The lowest BCUT2D eigenvalue weighted by atomic mass is 9.93. The van der Waals surface area contributed by atoms with Gasteiger partial charge in [0.15, 0.2) is 17.3 Å². The number of nitrogens with one attached hydrogen (secondary N) is 2. The van der Waals surface area contributed by atoms with E-state index in [1.165, 1.54) is 0 Å². The first kappa shape index (κ1) is 17.3. The van der Waals surface area contributed by atoms with Gasteiger partial charge in [-0.1, -0.05) is 11.2 Å². The van der Waals surface area contributed by atoms with Crippen LogP contribution in [0.25, 0.3) is 0 Å². The molecule has 1 aliphatic heterocycles. The average molecular weight is 345 g/mol. The summed E-state index contributed by atoms with van der Waals surface area (Å²) in [6, 6.07) is 7.61. The van der Waals surface area contributed by atoms with E-state index in [0.717, 1.165) is 17.1 Å². The summed E-state index contributed by atoms with van der Waals surface area (Å²) < 4.78 is 16.1. The number of aromatic nitrogens is 1. The molecule has 0 saturated carbocycles. The predicted molar refractivity (Wildman–Crippen MR) is 92.9 cm³/mol. The molecule has 0 radical (unpaired) electrons. The van der Waals surface area contributed by atoms with Crippen LogP contribution in [0.1, 0.15) is 31.6 Å². The maximum Gasteiger partial charge on any atom is 0.226 e. The van der Waals surface area contributed by atoms with Crippen LogP contribution in [0.5, 0.6) is 11.5 Å². The van der Waals surface area contributed by atoms with E-state index in [9.17, 15) is 4.79 Å². The quantitative estimate of drug-likeness (QED) is 0.837. The highest BCUT2D eigenvalue weighted by molar-refractivity contribution is 5.89. The van der Waals surface area contributed by atoms with Gasteiger partial charge >= 0.3 is 0 Å². The third-order valence-corrected chi connectivity index (χ3v) is 4.08. The zero-order chi connectivity index (χ0) is 17.9. The molecule has 1 aromatic heterocycles. The lowest BCUT2D eigenvalue weighted by molar-refractivity contribution is -0.116. The molecule has 2 heterocycles. The van der Waals surface area contributed by atoms with Crippen molar-refractivity contribution < 1.29 is 18.8 Å². The Kier molecular flexibility index (Phi) is 4.94. The second kappa shape index (κ2) is 7.14. The van der Waals surface area contributed by atoms with E-state index in [-0.39, 0.29) is 11.4 Å². The van der Waals surface area contributed by atoms with Crippen molar-refractivity contribution in [2.24, 2.45) is 0 Å². The van der Waals surface area contributed by atoms with Crippen LogP contribution in [-0.4, -0.2) is 30.8 Å². The van der Waals surface area contributed by atoms with Crippen molar-refractivity contribution in [3.8, 4) is 11.5 Å². The summed E-state index contributed by atoms with van der Waals surface area (Å²) in [5, 5.41) is 9.86. The Morgan fingerprint density at radius 3 is 2.68 bits per heavy atom. The summed E-state index contributed by atoms with van der Waals surface area (Å²) in [6.45, 7) is 7.58. The number of hydrogen-bond acceptors (Lipinski definition) is 6.